The molecule has 11 heteroatoms. The first-order chi connectivity index (χ1) is 38.7. The van der Waals surface area contributed by atoms with Crippen molar-refractivity contribution in [2.24, 2.45) is 0 Å². The van der Waals surface area contributed by atoms with Gasteiger partial charge >= 0.3 is 0 Å². The van der Waals surface area contributed by atoms with Gasteiger partial charge in [-0.3, -0.25) is 4.79 Å². The first kappa shape index (κ1) is 74.8. The van der Waals surface area contributed by atoms with Crippen molar-refractivity contribution in [3.05, 3.63) is 60.8 Å². The summed E-state index contributed by atoms with van der Waals surface area (Å²) in [7, 11) is 0. The van der Waals surface area contributed by atoms with E-state index in [9.17, 15) is 40.5 Å². The number of ether oxygens (including phenoxy) is 2. The van der Waals surface area contributed by atoms with Crippen LogP contribution in [0.4, 0.5) is 0 Å². The van der Waals surface area contributed by atoms with Crippen LogP contribution < -0.4 is 5.32 Å². The second-order valence-corrected chi connectivity index (χ2v) is 23.2. The van der Waals surface area contributed by atoms with Crippen LogP contribution in [0.25, 0.3) is 0 Å². The van der Waals surface area contributed by atoms with Gasteiger partial charge in [-0.1, -0.05) is 267 Å². The normalized spacial score (nSPS) is 19.7. The molecule has 1 fully saturated rings. The van der Waals surface area contributed by atoms with Crippen molar-refractivity contribution < 1.29 is 50.0 Å². The second kappa shape index (κ2) is 56.3. The monoisotopic (exact) mass is 1120 g/mol. The molecule has 1 aliphatic heterocycles. The van der Waals surface area contributed by atoms with Crippen LogP contribution in [0.1, 0.15) is 296 Å². The maximum absolute atomic E-state index is 13.2. The van der Waals surface area contributed by atoms with Gasteiger partial charge in [0, 0.05) is 0 Å². The van der Waals surface area contributed by atoms with Gasteiger partial charge in [0.1, 0.15) is 36.6 Å². The molecule has 1 amide bonds. The lowest BCUT2D eigenvalue weighted by molar-refractivity contribution is -0.303. The summed E-state index contributed by atoms with van der Waals surface area (Å²) in [4.78, 5) is 13.2. The molecule has 1 aliphatic rings. The fraction of sp³-hybridized carbons (Fsp3) is 0.838. The Morgan fingerprint density at radius 1 is 0.443 bits per heavy atom. The molecule has 0 bridgehead atoms. The Morgan fingerprint density at radius 3 is 1.25 bits per heavy atom. The molecule has 1 rings (SSSR count). The topological polar surface area (TPSA) is 189 Å². The first-order valence-electron chi connectivity index (χ1n) is 33.2. The number of nitrogens with one attached hydrogen (secondary N) is 1. The van der Waals surface area contributed by atoms with Crippen molar-refractivity contribution in [3.8, 4) is 0 Å². The van der Waals surface area contributed by atoms with E-state index in [1.165, 1.54) is 193 Å². The summed E-state index contributed by atoms with van der Waals surface area (Å²) in [5, 5.41) is 76.1. The number of rotatable bonds is 57. The Hall–Kier alpha value is -2.19. The number of aliphatic hydroxyl groups excluding tert-OH is 7. The molecule has 8 N–H and O–H groups in total. The van der Waals surface area contributed by atoms with Crippen molar-refractivity contribution >= 4 is 5.91 Å². The zero-order valence-corrected chi connectivity index (χ0v) is 50.9. The summed E-state index contributed by atoms with van der Waals surface area (Å²) in [6, 6.07) is -1.20. The molecule has 0 spiro atoms. The number of hydrogen-bond donors (Lipinski definition) is 8. The Balaban J connectivity index is 2.14. The fourth-order valence-electron chi connectivity index (χ4n) is 10.4. The lowest BCUT2D eigenvalue weighted by Gasteiger charge is -2.40. The molecule has 11 nitrogen and oxygen atoms in total. The molecule has 79 heavy (non-hydrogen) atoms. The smallest absolute Gasteiger partial charge is 0.249 e. The number of carbonyl (C=O) groups excluding carboxylic acids is 1. The van der Waals surface area contributed by atoms with Crippen molar-refractivity contribution in [1.82, 2.24) is 5.32 Å². The van der Waals surface area contributed by atoms with Crippen molar-refractivity contribution in [2.45, 2.75) is 351 Å². The summed E-state index contributed by atoms with van der Waals surface area (Å²) in [5.41, 5.74) is 0. The van der Waals surface area contributed by atoms with E-state index in [0.717, 1.165) is 57.8 Å². The predicted octanol–water partition coefficient (Wildman–Crippen LogP) is 15.4. The number of amides is 1. The van der Waals surface area contributed by atoms with E-state index in [2.05, 4.69) is 79.9 Å². The number of hydrogen-bond acceptors (Lipinski definition) is 10. The molecule has 9 unspecified atom stereocenters. The molecule has 462 valence electrons. The van der Waals surface area contributed by atoms with Crippen LogP contribution in [0.5, 0.6) is 0 Å². The van der Waals surface area contributed by atoms with Crippen molar-refractivity contribution in [1.29, 1.82) is 0 Å². The third-order valence-electron chi connectivity index (χ3n) is 15.7. The number of carbonyl (C=O) groups is 1. The van der Waals surface area contributed by atoms with Gasteiger partial charge in [0.2, 0.25) is 5.91 Å². The largest absolute Gasteiger partial charge is 0.394 e. The molecular formula is C68H125NO10. The Bertz CT molecular complexity index is 1470. The third kappa shape index (κ3) is 44.1. The molecule has 0 saturated carbocycles. The molecule has 0 aromatic carbocycles. The highest BCUT2D eigenvalue weighted by Gasteiger charge is 2.44. The minimum Gasteiger partial charge on any atom is -0.394 e. The van der Waals surface area contributed by atoms with Gasteiger partial charge < -0.3 is 50.5 Å². The SMILES string of the molecule is CCC/C=C/CC/C=C/CC/C=C/CCCC(O)C(O)C(COC1OC(CO)C(O)C(O)C1O)NC(=O)C(O)CCCCCCCCCCCCCCCCCC/C=C\C/C=C\CCCCCCCCCCCCCCCCC. The maximum atomic E-state index is 13.2. The van der Waals surface area contributed by atoms with Gasteiger partial charge in [-0.25, -0.2) is 0 Å². The molecule has 0 aromatic heterocycles. The molecular weight excluding hydrogens is 991 g/mol. The van der Waals surface area contributed by atoms with E-state index >= 15 is 0 Å². The number of allylic oxidation sites excluding steroid dienone is 10. The summed E-state index contributed by atoms with van der Waals surface area (Å²) in [6.07, 6.45) is 63.3. The van der Waals surface area contributed by atoms with Crippen LogP contribution >= 0.6 is 0 Å². The summed E-state index contributed by atoms with van der Waals surface area (Å²) >= 11 is 0. The average molecular weight is 1120 g/mol. The zero-order valence-electron chi connectivity index (χ0n) is 50.9. The second-order valence-electron chi connectivity index (χ2n) is 23.2. The fourth-order valence-corrected chi connectivity index (χ4v) is 10.4. The van der Waals surface area contributed by atoms with Crippen LogP contribution in [-0.4, -0.2) is 110 Å². The summed E-state index contributed by atoms with van der Waals surface area (Å²) in [6.45, 7) is 3.38. The van der Waals surface area contributed by atoms with Gasteiger partial charge in [0.15, 0.2) is 6.29 Å². The zero-order chi connectivity index (χ0) is 57.5. The van der Waals surface area contributed by atoms with Crippen LogP contribution in [-0.2, 0) is 14.3 Å². The van der Waals surface area contributed by atoms with Gasteiger partial charge in [0.05, 0.1) is 25.4 Å². The van der Waals surface area contributed by atoms with Crippen molar-refractivity contribution in [3.63, 3.8) is 0 Å². The standard InChI is InChI=1S/C68H125NO10/c1-3-5-7-9-11-13-15-17-19-20-21-22-23-24-25-26-27-28-29-30-31-32-33-34-35-36-37-38-39-40-41-42-44-46-48-50-52-54-56-61(72)67(77)69-59(58-78-68-66(76)65(75)64(74)62(57-70)79-68)63(73)60(71)55-53-51-49-47-45-43-18-16-14-12-10-8-6-4-2/h8,10,16,18,27-28,30-31,47,49,59-66,68,70-76H,3-7,9,11-15,17,19-26,29,32-46,48,50-58H2,1-2H3,(H,69,77)/b10-8+,18-16+,28-27-,31-30-,49-47+. The van der Waals surface area contributed by atoms with Crippen molar-refractivity contribution in [2.75, 3.05) is 13.2 Å². The summed E-state index contributed by atoms with van der Waals surface area (Å²) < 4.78 is 11.1. The first-order valence-corrected chi connectivity index (χ1v) is 33.2. The maximum Gasteiger partial charge on any atom is 0.249 e. The Labute approximate surface area is 484 Å². The number of unbranched alkanes of at least 4 members (excludes halogenated alkanes) is 35. The van der Waals surface area contributed by atoms with Gasteiger partial charge in [-0.05, 0) is 89.9 Å². The molecule has 1 saturated heterocycles. The van der Waals surface area contributed by atoms with Gasteiger partial charge in [-0.2, -0.15) is 0 Å². The lowest BCUT2D eigenvalue weighted by atomic mass is 9.98. The van der Waals surface area contributed by atoms with Crippen LogP contribution in [0, 0.1) is 0 Å². The van der Waals surface area contributed by atoms with E-state index in [1.54, 1.807) is 0 Å². The molecule has 0 aliphatic carbocycles. The number of aliphatic hydroxyl groups is 7. The van der Waals surface area contributed by atoms with Crippen LogP contribution in [0.3, 0.4) is 0 Å². The van der Waals surface area contributed by atoms with Gasteiger partial charge in [-0.15, -0.1) is 0 Å². The van der Waals surface area contributed by atoms with Crippen LogP contribution in [0.15, 0.2) is 60.8 Å². The summed E-state index contributed by atoms with van der Waals surface area (Å²) in [5.74, 6) is -0.712. The Morgan fingerprint density at radius 2 is 0.823 bits per heavy atom. The van der Waals surface area contributed by atoms with E-state index in [1.807, 2.05) is 0 Å². The highest BCUT2D eigenvalue weighted by atomic mass is 16.7. The van der Waals surface area contributed by atoms with Crippen LogP contribution in [0.2, 0.25) is 0 Å². The highest BCUT2D eigenvalue weighted by molar-refractivity contribution is 5.80. The molecule has 1 heterocycles. The molecule has 9 atom stereocenters. The van der Waals surface area contributed by atoms with E-state index < -0.39 is 74.2 Å². The van der Waals surface area contributed by atoms with E-state index in [4.69, 9.17) is 9.47 Å². The highest BCUT2D eigenvalue weighted by Crippen LogP contribution is 2.23. The molecule has 0 aromatic rings. The quantitative estimate of drug-likeness (QED) is 0.0215. The average Bonchev–Trinajstić information content (AvgIpc) is 3.46. The van der Waals surface area contributed by atoms with E-state index in [0.29, 0.717) is 19.3 Å². The minimum atomic E-state index is -1.67. The minimum absolute atomic E-state index is 0.239. The third-order valence-corrected chi connectivity index (χ3v) is 15.7. The van der Waals surface area contributed by atoms with E-state index in [-0.39, 0.29) is 12.8 Å². The predicted molar refractivity (Wildman–Crippen MR) is 330 cm³/mol. The lowest BCUT2D eigenvalue weighted by Crippen LogP contribution is -2.60. The van der Waals surface area contributed by atoms with Gasteiger partial charge in [0.25, 0.3) is 0 Å². The molecule has 0 radical (unpaired) electrons. The Kier molecular flexibility index (Phi) is 53.3.